The molecule has 0 aliphatic heterocycles. The number of rotatable bonds is 4. The van der Waals surface area contributed by atoms with E-state index in [1.165, 1.54) is 22.9 Å². The van der Waals surface area contributed by atoms with Crippen LogP contribution in [-0.2, 0) is 4.74 Å². The van der Waals surface area contributed by atoms with Gasteiger partial charge in [-0.3, -0.25) is 14.3 Å². The molecule has 2 aromatic heterocycles. The molecule has 1 saturated carbocycles. The first kappa shape index (κ1) is 21.2. The molecule has 1 N–H and O–H groups in total. The molecule has 162 valence electrons. The molecule has 3 aromatic rings. The number of carbonyl (C=O) groups is 1. The topological polar surface area (TPSA) is 86.1 Å². The van der Waals surface area contributed by atoms with Crippen LogP contribution in [0.2, 0.25) is 5.02 Å². The van der Waals surface area contributed by atoms with Crippen molar-refractivity contribution >= 4 is 28.6 Å². The van der Waals surface area contributed by atoms with Crippen molar-refractivity contribution in [3.05, 3.63) is 63.7 Å². The molecule has 0 spiro atoms. The quantitative estimate of drug-likeness (QED) is 0.638. The summed E-state index contributed by atoms with van der Waals surface area (Å²) in [6.45, 7) is 5.28. The number of alkyl carbamates (subject to hydrolysis) is 1. The SMILES string of the molecule is CC(C)(C)OC(=O)N[C@@H](c1nc2c(F)ccc(Cl)c2c(=O)n1-c1cccnc1)C1CC1. The van der Waals surface area contributed by atoms with E-state index in [-0.39, 0.29) is 27.7 Å². The summed E-state index contributed by atoms with van der Waals surface area (Å²) in [6, 6.07) is 5.22. The van der Waals surface area contributed by atoms with E-state index in [1.54, 1.807) is 39.1 Å². The fraction of sp³-hybridized carbons (Fsp3) is 0.364. The van der Waals surface area contributed by atoms with Gasteiger partial charge in [0.1, 0.15) is 22.8 Å². The van der Waals surface area contributed by atoms with Crippen molar-refractivity contribution in [1.82, 2.24) is 19.9 Å². The Bertz CT molecular complexity index is 1200. The number of hydrogen-bond donors (Lipinski definition) is 1. The summed E-state index contributed by atoms with van der Waals surface area (Å²) in [5, 5.41) is 2.90. The van der Waals surface area contributed by atoms with E-state index in [1.807, 2.05) is 0 Å². The maximum absolute atomic E-state index is 14.6. The Morgan fingerprint density at radius 2 is 2.06 bits per heavy atom. The van der Waals surface area contributed by atoms with E-state index in [0.717, 1.165) is 12.8 Å². The van der Waals surface area contributed by atoms with Crippen LogP contribution in [0.3, 0.4) is 0 Å². The number of pyridine rings is 1. The summed E-state index contributed by atoms with van der Waals surface area (Å²) in [6.07, 6.45) is 4.11. The highest BCUT2D eigenvalue weighted by molar-refractivity contribution is 6.35. The third-order valence-corrected chi connectivity index (χ3v) is 5.21. The summed E-state index contributed by atoms with van der Waals surface area (Å²) >= 11 is 6.23. The van der Waals surface area contributed by atoms with Gasteiger partial charge in [0, 0.05) is 6.20 Å². The molecule has 0 unspecified atom stereocenters. The second-order valence-electron chi connectivity index (χ2n) is 8.54. The summed E-state index contributed by atoms with van der Waals surface area (Å²) in [5.74, 6) is -0.412. The average Bonchev–Trinajstić information content (AvgIpc) is 3.53. The van der Waals surface area contributed by atoms with Crippen molar-refractivity contribution in [3.63, 3.8) is 0 Å². The van der Waals surface area contributed by atoms with Crippen LogP contribution in [0.15, 0.2) is 41.5 Å². The Balaban J connectivity index is 1.94. The number of ether oxygens (including phenoxy) is 1. The molecule has 0 saturated heterocycles. The molecule has 1 aliphatic rings. The van der Waals surface area contributed by atoms with Crippen LogP contribution in [0.25, 0.3) is 16.6 Å². The molecule has 0 radical (unpaired) electrons. The molecule has 31 heavy (non-hydrogen) atoms. The maximum Gasteiger partial charge on any atom is 0.408 e. The van der Waals surface area contributed by atoms with Crippen LogP contribution >= 0.6 is 11.6 Å². The molecule has 1 atom stereocenters. The van der Waals surface area contributed by atoms with Crippen molar-refractivity contribution in [2.24, 2.45) is 5.92 Å². The maximum atomic E-state index is 14.6. The van der Waals surface area contributed by atoms with Crippen molar-refractivity contribution in [1.29, 1.82) is 0 Å². The van der Waals surface area contributed by atoms with Crippen LogP contribution in [0, 0.1) is 11.7 Å². The van der Waals surface area contributed by atoms with Crippen molar-refractivity contribution in [3.8, 4) is 5.69 Å². The number of carbonyl (C=O) groups excluding carboxylic acids is 1. The molecule has 1 aliphatic carbocycles. The lowest BCUT2D eigenvalue weighted by atomic mass is 10.1. The predicted octanol–water partition coefficient (Wildman–Crippen LogP) is 4.55. The van der Waals surface area contributed by atoms with Gasteiger partial charge in [-0.15, -0.1) is 0 Å². The third-order valence-electron chi connectivity index (χ3n) is 4.90. The fourth-order valence-electron chi connectivity index (χ4n) is 3.44. The summed E-state index contributed by atoms with van der Waals surface area (Å²) < 4.78 is 21.4. The van der Waals surface area contributed by atoms with Gasteiger partial charge < -0.3 is 10.1 Å². The van der Waals surface area contributed by atoms with Crippen LogP contribution in [0.4, 0.5) is 9.18 Å². The van der Waals surface area contributed by atoms with E-state index in [2.05, 4.69) is 15.3 Å². The zero-order chi connectivity index (χ0) is 22.3. The van der Waals surface area contributed by atoms with Gasteiger partial charge >= 0.3 is 6.09 Å². The van der Waals surface area contributed by atoms with Gasteiger partial charge in [-0.2, -0.15) is 0 Å². The number of aromatic nitrogens is 3. The lowest BCUT2D eigenvalue weighted by Gasteiger charge is -2.25. The fourth-order valence-corrected chi connectivity index (χ4v) is 3.67. The summed E-state index contributed by atoms with van der Waals surface area (Å²) in [7, 11) is 0. The predicted molar refractivity (Wildman–Crippen MR) is 115 cm³/mol. The van der Waals surface area contributed by atoms with Gasteiger partial charge in [0.15, 0.2) is 0 Å². The van der Waals surface area contributed by atoms with Gasteiger partial charge in [0.2, 0.25) is 0 Å². The van der Waals surface area contributed by atoms with Crippen LogP contribution in [0.1, 0.15) is 45.5 Å². The zero-order valence-corrected chi connectivity index (χ0v) is 18.1. The second kappa shape index (κ2) is 7.92. The largest absolute Gasteiger partial charge is 0.444 e. The number of halogens is 2. The van der Waals surface area contributed by atoms with Crippen LogP contribution in [0.5, 0.6) is 0 Å². The number of fused-ring (bicyclic) bond motifs is 1. The lowest BCUT2D eigenvalue weighted by molar-refractivity contribution is 0.0493. The lowest BCUT2D eigenvalue weighted by Crippen LogP contribution is -2.39. The van der Waals surface area contributed by atoms with Crippen molar-refractivity contribution < 1.29 is 13.9 Å². The highest BCUT2D eigenvalue weighted by atomic mass is 35.5. The standard InChI is InChI=1S/C22H22ClFN4O3/c1-22(2,3)31-21(30)27-17(12-6-7-12)19-26-18-15(24)9-8-14(23)16(18)20(29)28(19)13-5-4-10-25-11-13/h4-5,8-12,17H,6-7H2,1-3H3,(H,27,30)/t17-/m1/s1. The number of amides is 1. The number of benzene rings is 1. The Hall–Kier alpha value is -3.00. The molecule has 2 heterocycles. The highest BCUT2D eigenvalue weighted by Crippen LogP contribution is 2.41. The monoisotopic (exact) mass is 444 g/mol. The minimum absolute atomic E-state index is 0.0268. The first-order valence-corrected chi connectivity index (χ1v) is 10.3. The number of nitrogens with zero attached hydrogens (tertiary/aromatic N) is 3. The number of nitrogens with one attached hydrogen (secondary N) is 1. The summed E-state index contributed by atoms with van der Waals surface area (Å²) in [4.78, 5) is 34.6. The smallest absolute Gasteiger partial charge is 0.408 e. The van der Waals surface area contributed by atoms with Crippen molar-refractivity contribution in [2.45, 2.75) is 45.3 Å². The third kappa shape index (κ3) is 4.39. The molecule has 7 nitrogen and oxygen atoms in total. The zero-order valence-electron chi connectivity index (χ0n) is 17.4. The van der Waals surface area contributed by atoms with Gasteiger partial charge in [-0.25, -0.2) is 14.2 Å². The van der Waals surface area contributed by atoms with Gasteiger partial charge in [0.05, 0.1) is 28.3 Å². The van der Waals surface area contributed by atoms with Gasteiger partial charge in [0.25, 0.3) is 5.56 Å². The second-order valence-corrected chi connectivity index (χ2v) is 8.94. The van der Waals surface area contributed by atoms with E-state index in [0.29, 0.717) is 5.69 Å². The Labute approximate surface area is 183 Å². The minimum atomic E-state index is -0.697. The molecule has 1 fully saturated rings. The minimum Gasteiger partial charge on any atom is -0.444 e. The molecular formula is C22H22ClFN4O3. The normalized spacial score (nSPS) is 15.0. The molecule has 1 aromatic carbocycles. The van der Waals surface area contributed by atoms with E-state index < -0.39 is 29.1 Å². The molecule has 0 bridgehead atoms. The highest BCUT2D eigenvalue weighted by Gasteiger charge is 2.38. The van der Waals surface area contributed by atoms with Gasteiger partial charge in [-0.1, -0.05) is 11.6 Å². The Morgan fingerprint density at radius 3 is 2.68 bits per heavy atom. The van der Waals surface area contributed by atoms with E-state index in [9.17, 15) is 14.0 Å². The summed E-state index contributed by atoms with van der Waals surface area (Å²) in [5.41, 5.74) is -0.926. The molecule has 1 amide bonds. The first-order valence-electron chi connectivity index (χ1n) is 9.96. The van der Waals surface area contributed by atoms with E-state index in [4.69, 9.17) is 16.3 Å². The Morgan fingerprint density at radius 1 is 1.32 bits per heavy atom. The molecular weight excluding hydrogens is 423 g/mol. The Kier molecular flexibility index (Phi) is 5.43. The van der Waals surface area contributed by atoms with Crippen molar-refractivity contribution in [2.75, 3.05) is 0 Å². The van der Waals surface area contributed by atoms with Gasteiger partial charge in [-0.05, 0) is 63.8 Å². The number of hydrogen-bond acceptors (Lipinski definition) is 5. The van der Waals surface area contributed by atoms with Crippen LogP contribution < -0.4 is 10.9 Å². The first-order chi connectivity index (χ1) is 14.7. The average molecular weight is 445 g/mol. The van der Waals surface area contributed by atoms with Crippen LogP contribution in [-0.4, -0.2) is 26.2 Å². The van der Waals surface area contributed by atoms with E-state index >= 15 is 0 Å². The molecule has 9 heteroatoms. The molecule has 4 rings (SSSR count).